The van der Waals surface area contributed by atoms with Crippen LogP contribution in [-0.4, -0.2) is 75.4 Å². The molecule has 1 saturated heterocycles. The largest absolute Gasteiger partial charge is 0.458 e. The number of fused-ring (bicyclic) bond motifs is 5. The molecule has 0 bridgehead atoms. The van der Waals surface area contributed by atoms with Crippen LogP contribution in [0.15, 0.2) is 11.6 Å². The highest BCUT2D eigenvalue weighted by molar-refractivity contribution is 5.85. The number of hydrogen-bond acceptors (Lipinski definition) is 8. The summed E-state index contributed by atoms with van der Waals surface area (Å²) in [7, 11) is 0. The molecule has 8 heteroatoms. The SMILES string of the molecule is C[C@H]1O[C@H](O[C@H]2CC[C@@]3(C)[C@H](CC[C@@H]4[C@@H]3CC[C@]3(C)[C@@H](C5=CC(=O)OC5)CC[C@]43O)C2)[C@@H](O)[C@H](O)[C@@H]1O. The average Bonchev–Trinajstić information content (AvgIpc) is 3.41. The van der Waals surface area contributed by atoms with Gasteiger partial charge in [0, 0.05) is 11.5 Å². The fourth-order valence-electron chi connectivity index (χ4n) is 9.81. The van der Waals surface area contributed by atoms with E-state index in [9.17, 15) is 25.2 Å². The molecule has 5 fully saturated rings. The lowest BCUT2D eigenvalue weighted by atomic mass is 9.43. The standard InChI is InChI=1S/C29H44O8/c1-15-23(31)24(32)25(33)26(36-15)37-18-6-9-27(2)17(13-18)4-5-21-20(27)7-10-28(3)19(8-11-29(21,28)34)16-12-22(30)35-14-16/h12,15,17-21,23-26,31-34H,4-11,13-14H2,1-3H3/t15-,17-,18+,19-,20+,21-,23-,24-,25+,26-,27+,28-,29+/m1/s1. The van der Waals surface area contributed by atoms with Crippen LogP contribution in [0.2, 0.25) is 0 Å². The van der Waals surface area contributed by atoms with Crippen LogP contribution in [0.25, 0.3) is 0 Å². The number of ether oxygens (including phenoxy) is 3. The molecule has 208 valence electrons. The van der Waals surface area contributed by atoms with Gasteiger partial charge in [-0.15, -0.1) is 0 Å². The van der Waals surface area contributed by atoms with Crippen LogP contribution in [0.5, 0.6) is 0 Å². The topological polar surface area (TPSA) is 126 Å². The Hall–Kier alpha value is -1.03. The van der Waals surface area contributed by atoms with Gasteiger partial charge in [-0.1, -0.05) is 13.8 Å². The van der Waals surface area contributed by atoms with Crippen molar-refractivity contribution in [2.45, 2.75) is 121 Å². The summed E-state index contributed by atoms with van der Waals surface area (Å²) >= 11 is 0. The molecule has 0 aromatic rings. The number of cyclic esters (lactones) is 1. The molecule has 0 aromatic carbocycles. The van der Waals surface area contributed by atoms with Crippen molar-refractivity contribution in [1.82, 2.24) is 0 Å². The van der Waals surface area contributed by atoms with Gasteiger partial charge >= 0.3 is 5.97 Å². The predicted molar refractivity (Wildman–Crippen MR) is 133 cm³/mol. The molecule has 4 saturated carbocycles. The van der Waals surface area contributed by atoms with Gasteiger partial charge in [0.15, 0.2) is 6.29 Å². The van der Waals surface area contributed by atoms with Crippen molar-refractivity contribution in [2.24, 2.45) is 34.5 Å². The van der Waals surface area contributed by atoms with Crippen molar-refractivity contribution in [2.75, 3.05) is 6.61 Å². The quantitative estimate of drug-likeness (QED) is 0.330. The summed E-state index contributed by atoms with van der Waals surface area (Å²) in [5.74, 6) is 1.14. The van der Waals surface area contributed by atoms with Crippen molar-refractivity contribution in [3.8, 4) is 0 Å². The summed E-state index contributed by atoms with van der Waals surface area (Å²) < 4.78 is 17.2. The number of aliphatic hydroxyl groups excluding tert-OH is 3. The fourth-order valence-corrected chi connectivity index (χ4v) is 9.81. The maximum Gasteiger partial charge on any atom is 0.331 e. The van der Waals surface area contributed by atoms with Gasteiger partial charge in [-0.3, -0.25) is 0 Å². The maximum absolute atomic E-state index is 12.4. The Bertz CT molecular complexity index is 952. The van der Waals surface area contributed by atoms with Crippen LogP contribution in [0.3, 0.4) is 0 Å². The van der Waals surface area contributed by atoms with E-state index in [0.29, 0.717) is 18.4 Å². The highest BCUT2D eigenvalue weighted by Gasteiger charge is 2.67. The molecule has 4 aliphatic carbocycles. The number of rotatable bonds is 3. The van der Waals surface area contributed by atoms with Crippen LogP contribution in [0.1, 0.15) is 78.6 Å². The summed E-state index contributed by atoms with van der Waals surface area (Å²) in [5, 5.41) is 43.0. The molecule has 0 amide bonds. The lowest BCUT2D eigenvalue weighted by Crippen LogP contribution is -2.62. The van der Waals surface area contributed by atoms with Crippen LogP contribution < -0.4 is 0 Å². The Kier molecular flexibility index (Phi) is 6.37. The Morgan fingerprint density at radius 2 is 1.73 bits per heavy atom. The van der Waals surface area contributed by atoms with E-state index in [4.69, 9.17) is 14.2 Å². The van der Waals surface area contributed by atoms with Gasteiger partial charge in [-0.25, -0.2) is 4.79 Å². The van der Waals surface area contributed by atoms with E-state index in [1.807, 2.05) is 0 Å². The molecule has 6 rings (SSSR count). The van der Waals surface area contributed by atoms with Gasteiger partial charge in [-0.05, 0) is 99.4 Å². The van der Waals surface area contributed by atoms with Crippen molar-refractivity contribution < 1.29 is 39.4 Å². The second-order valence-electron chi connectivity index (χ2n) is 13.5. The summed E-state index contributed by atoms with van der Waals surface area (Å²) in [6.07, 6.45) is 4.88. The Balaban J connectivity index is 1.16. The molecule has 0 radical (unpaired) electrons. The predicted octanol–water partition coefficient (Wildman–Crippen LogP) is 2.46. The number of carbonyl (C=O) groups is 1. The first-order valence-electron chi connectivity index (χ1n) is 14.4. The Morgan fingerprint density at radius 1 is 0.946 bits per heavy atom. The van der Waals surface area contributed by atoms with E-state index in [0.717, 1.165) is 63.4 Å². The molecular formula is C29H44O8. The number of esters is 1. The summed E-state index contributed by atoms with van der Waals surface area (Å²) in [6, 6.07) is 0. The number of aliphatic hydroxyl groups is 4. The van der Waals surface area contributed by atoms with Crippen LogP contribution in [-0.2, 0) is 19.0 Å². The van der Waals surface area contributed by atoms with E-state index >= 15 is 0 Å². The maximum atomic E-state index is 12.4. The average molecular weight is 521 g/mol. The summed E-state index contributed by atoms with van der Waals surface area (Å²) in [4.78, 5) is 11.8. The minimum Gasteiger partial charge on any atom is -0.458 e. The molecule has 6 aliphatic rings. The molecule has 13 atom stereocenters. The minimum absolute atomic E-state index is 0.0661. The molecule has 0 aromatic heterocycles. The minimum atomic E-state index is -1.28. The first-order valence-corrected chi connectivity index (χ1v) is 14.4. The molecule has 0 unspecified atom stereocenters. The van der Waals surface area contributed by atoms with Gasteiger partial charge in [0.2, 0.25) is 0 Å². The zero-order valence-electron chi connectivity index (χ0n) is 22.3. The van der Waals surface area contributed by atoms with Crippen LogP contribution in [0, 0.1) is 34.5 Å². The third-order valence-corrected chi connectivity index (χ3v) is 12.1. The Morgan fingerprint density at radius 3 is 2.46 bits per heavy atom. The van der Waals surface area contributed by atoms with Crippen molar-refractivity contribution in [3.05, 3.63) is 11.6 Å². The highest BCUT2D eigenvalue weighted by atomic mass is 16.7. The summed E-state index contributed by atoms with van der Waals surface area (Å²) in [5.41, 5.74) is 0.243. The molecule has 4 N–H and O–H groups in total. The van der Waals surface area contributed by atoms with E-state index in [2.05, 4.69) is 13.8 Å². The van der Waals surface area contributed by atoms with Gasteiger partial charge < -0.3 is 34.6 Å². The van der Waals surface area contributed by atoms with E-state index in [-0.39, 0.29) is 34.7 Å². The number of carbonyl (C=O) groups excluding carboxylic acids is 1. The normalized spacial score (nSPS) is 55.6. The van der Waals surface area contributed by atoms with Gasteiger partial charge in [0.05, 0.1) is 17.8 Å². The highest BCUT2D eigenvalue weighted by Crippen LogP contribution is 2.70. The van der Waals surface area contributed by atoms with Crippen molar-refractivity contribution >= 4 is 5.97 Å². The van der Waals surface area contributed by atoms with Crippen LogP contribution in [0.4, 0.5) is 0 Å². The van der Waals surface area contributed by atoms with Gasteiger partial charge in [-0.2, -0.15) is 0 Å². The lowest BCUT2D eigenvalue weighted by molar-refractivity contribution is -0.310. The molecule has 2 heterocycles. The van der Waals surface area contributed by atoms with E-state index in [1.165, 1.54) is 0 Å². The fraction of sp³-hybridized carbons (Fsp3) is 0.897. The Labute approximate surface area is 219 Å². The monoisotopic (exact) mass is 520 g/mol. The third-order valence-electron chi connectivity index (χ3n) is 12.1. The van der Waals surface area contributed by atoms with Crippen molar-refractivity contribution in [1.29, 1.82) is 0 Å². The number of hydrogen-bond donors (Lipinski definition) is 4. The second kappa shape index (κ2) is 9.00. The third kappa shape index (κ3) is 3.80. The molecular weight excluding hydrogens is 476 g/mol. The van der Waals surface area contributed by atoms with Crippen LogP contribution >= 0.6 is 0 Å². The van der Waals surface area contributed by atoms with Gasteiger partial charge in [0.1, 0.15) is 24.9 Å². The molecule has 2 aliphatic heterocycles. The molecule has 8 nitrogen and oxygen atoms in total. The summed E-state index contributed by atoms with van der Waals surface area (Å²) in [6.45, 7) is 6.73. The zero-order chi connectivity index (χ0) is 26.3. The molecule has 0 spiro atoms. The zero-order valence-corrected chi connectivity index (χ0v) is 22.3. The first kappa shape index (κ1) is 26.2. The van der Waals surface area contributed by atoms with Crippen molar-refractivity contribution in [3.63, 3.8) is 0 Å². The molecule has 37 heavy (non-hydrogen) atoms. The van der Waals surface area contributed by atoms with E-state index < -0.39 is 36.3 Å². The van der Waals surface area contributed by atoms with E-state index in [1.54, 1.807) is 13.0 Å². The smallest absolute Gasteiger partial charge is 0.331 e. The second-order valence-corrected chi connectivity index (χ2v) is 13.5. The van der Waals surface area contributed by atoms with Gasteiger partial charge in [0.25, 0.3) is 0 Å². The lowest BCUT2D eigenvalue weighted by Gasteiger charge is -2.64. The first-order chi connectivity index (χ1) is 17.5.